The Morgan fingerprint density at radius 1 is 1.37 bits per heavy atom. The van der Waals surface area contributed by atoms with Gasteiger partial charge in [0.25, 0.3) is 5.91 Å². The minimum atomic E-state index is -0.0999. The summed E-state index contributed by atoms with van der Waals surface area (Å²) in [6.45, 7) is 4.23. The van der Waals surface area contributed by atoms with Crippen LogP contribution in [0.1, 0.15) is 36.5 Å². The number of amides is 1. The molecule has 0 atom stereocenters. The van der Waals surface area contributed by atoms with Gasteiger partial charge in [0.2, 0.25) is 0 Å². The number of hydrogen-bond donors (Lipinski definition) is 1. The normalized spacial score (nSPS) is 10.5. The molecular formula is C14H19BrClNO2. The fraction of sp³-hybridized carbons (Fsp3) is 0.500. The summed E-state index contributed by atoms with van der Waals surface area (Å²) in [5.41, 5.74) is 0.594. The van der Waals surface area contributed by atoms with E-state index in [0.717, 1.165) is 25.9 Å². The van der Waals surface area contributed by atoms with Gasteiger partial charge < -0.3 is 10.1 Å². The molecule has 1 rings (SSSR count). The third kappa shape index (κ3) is 6.41. The number of halogens is 2. The van der Waals surface area contributed by atoms with Gasteiger partial charge in [0, 0.05) is 29.3 Å². The van der Waals surface area contributed by atoms with E-state index >= 15 is 0 Å². The van der Waals surface area contributed by atoms with Crippen molar-refractivity contribution in [1.29, 1.82) is 0 Å². The molecule has 0 spiro atoms. The molecule has 5 heteroatoms. The van der Waals surface area contributed by atoms with Gasteiger partial charge in [-0.2, -0.15) is 0 Å². The molecule has 0 unspecified atom stereocenters. The molecule has 0 saturated heterocycles. The summed E-state index contributed by atoms with van der Waals surface area (Å²) in [5.74, 6) is -0.0999. The van der Waals surface area contributed by atoms with Crippen molar-refractivity contribution in [3.05, 3.63) is 33.3 Å². The van der Waals surface area contributed by atoms with E-state index in [0.29, 0.717) is 28.2 Å². The molecule has 0 aromatic heterocycles. The Labute approximate surface area is 127 Å². The zero-order valence-electron chi connectivity index (χ0n) is 11.0. The third-order valence-electron chi connectivity index (χ3n) is 2.57. The predicted molar refractivity (Wildman–Crippen MR) is 81.8 cm³/mol. The number of hydrogen-bond acceptors (Lipinski definition) is 2. The summed E-state index contributed by atoms with van der Waals surface area (Å²) >= 11 is 9.16. The Balaban J connectivity index is 2.24. The van der Waals surface area contributed by atoms with Crippen LogP contribution in [0.25, 0.3) is 0 Å². The first-order chi connectivity index (χ1) is 9.15. The lowest BCUT2D eigenvalue weighted by Crippen LogP contribution is -2.25. The number of nitrogens with one attached hydrogen (secondary N) is 1. The van der Waals surface area contributed by atoms with Crippen molar-refractivity contribution in [2.75, 3.05) is 19.8 Å². The van der Waals surface area contributed by atoms with Gasteiger partial charge in [-0.3, -0.25) is 4.79 Å². The summed E-state index contributed by atoms with van der Waals surface area (Å²) in [4.78, 5) is 11.9. The van der Waals surface area contributed by atoms with Gasteiger partial charge in [-0.1, -0.05) is 24.9 Å². The van der Waals surface area contributed by atoms with Crippen molar-refractivity contribution < 1.29 is 9.53 Å². The second kappa shape index (κ2) is 9.34. The molecule has 106 valence electrons. The number of rotatable bonds is 8. The minimum absolute atomic E-state index is 0.0999. The minimum Gasteiger partial charge on any atom is -0.381 e. The van der Waals surface area contributed by atoms with Crippen LogP contribution in [0.4, 0.5) is 0 Å². The summed E-state index contributed by atoms with van der Waals surface area (Å²) in [5, 5.41) is 3.46. The van der Waals surface area contributed by atoms with Crippen molar-refractivity contribution in [2.24, 2.45) is 0 Å². The Morgan fingerprint density at radius 3 is 2.79 bits per heavy atom. The van der Waals surface area contributed by atoms with Gasteiger partial charge in [-0.25, -0.2) is 0 Å². The van der Waals surface area contributed by atoms with Crippen LogP contribution in [0.5, 0.6) is 0 Å². The Bertz CT molecular complexity index is 412. The highest BCUT2D eigenvalue weighted by atomic mass is 79.9. The average molecular weight is 349 g/mol. The molecule has 1 N–H and O–H groups in total. The van der Waals surface area contributed by atoms with Crippen molar-refractivity contribution >= 4 is 33.4 Å². The third-order valence-corrected chi connectivity index (χ3v) is 3.46. The molecule has 0 aliphatic rings. The van der Waals surface area contributed by atoms with Gasteiger partial charge in [0.15, 0.2) is 0 Å². The second-order valence-electron chi connectivity index (χ2n) is 4.20. The molecule has 1 aromatic carbocycles. The molecule has 0 aliphatic carbocycles. The largest absolute Gasteiger partial charge is 0.381 e. The smallest absolute Gasteiger partial charge is 0.252 e. The average Bonchev–Trinajstić information content (AvgIpc) is 2.37. The van der Waals surface area contributed by atoms with Crippen LogP contribution in [0, 0.1) is 0 Å². The van der Waals surface area contributed by atoms with Gasteiger partial charge >= 0.3 is 0 Å². The lowest BCUT2D eigenvalue weighted by Gasteiger charge is -2.07. The summed E-state index contributed by atoms with van der Waals surface area (Å²) in [7, 11) is 0. The fourth-order valence-corrected chi connectivity index (χ4v) is 2.36. The number of carbonyl (C=O) groups is 1. The maximum atomic E-state index is 11.9. The van der Waals surface area contributed by atoms with Crippen LogP contribution in [0.15, 0.2) is 22.7 Å². The monoisotopic (exact) mass is 347 g/mol. The summed E-state index contributed by atoms with van der Waals surface area (Å²) in [6.07, 6.45) is 3.05. The Morgan fingerprint density at radius 2 is 2.11 bits per heavy atom. The molecule has 0 bridgehead atoms. The first kappa shape index (κ1) is 16.5. The van der Waals surface area contributed by atoms with Crippen LogP contribution < -0.4 is 5.32 Å². The maximum absolute atomic E-state index is 11.9. The van der Waals surface area contributed by atoms with E-state index in [1.165, 1.54) is 0 Å². The highest BCUT2D eigenvalue weighted by molar-refractivity contribution is 9.10. The van der Waals surface area contributed by atoms with Crippen LogP contribution in [0.3, 0.4) is 0 Å². The highest BCUT2D eigenvalue weighted by Gasteiger charge is 2.09. The molecular weight excluding hydrogens is 330 g/mol. The standard InChI is InChI=1S/C14H19BrClNO2/c1-2-3-8-19-9-4-7-17-14(18)12-6-5-11(16)10-13(12)15/h5-6,10H,2-4,7-9H2,1H3,(H,17,18). The van der Waals surface area contributed by atoms with Gasteiger partial charge in [-0.15, -0.1) is 0 Å². The number of benzene rings is 1. The Hall–Kier alpha value is -0.580. The Kier molecular flexibility index (Phi) is 8.10. The van der Waals surface area contributed by atoms with Crippen molar-refractivity contribution in [1.82, 2.24) is 5.32 Å². The molecule has 0 radical (unpaired) electrons. The van der Waals surface area contributed by atoms with Gasteiger partial charge in [0.1, 0.15) is 0 Å². The number of carbonyl (C=O) groups excluding carboxylic acids is 1. The van der Waals surface area contributed by atoms with E-state index < -0.39 is 0 Å². The van der Waals surface area contributed by atoms with E-state index in [9.17, 15) is 4.79 Å². The van der Waals surface area contributed by atoms with E-state index in [1.54, 1.807) is 18.2 Å². The number of ether oxygens (including phenoxy) is 1. The van der Waals surface area contributed by atoms with E-state index in [1.807, 2.05) is 0 Å². The zero-order valence-corrected chi connectivity index (χ0v) is 13.4. The SMILES string of the molecule is CCCCOCCCNC(=O)c1ccc(Cl)cc1Br. The van der Waals surface area contributed by atoms with E-state index in [4.69, 9.17) is 16.3 Å². The molecule has 1 amide bonds. The van der Waals surface area contributed by atoms with Crippen LogP contribution in [-0.4, -0.2) is 25.7 Å². The maximum Gasteiger partial charge on any atom is 0.252 e. The zero-order chi connectivity index (χ0) is 14.1. The van der Waals surface area contributed by atoms with E-state index in [2.05, 4.69) is 28.2 Å². The molecule has 0 fully saturated rings. The second-order valence-corrected chi connectivity index (χ2v) is 5.49. The molecule has 1 aromatic rings. The van der Waals surface area contributed by atoms with Crippen molar-refractivity contribution in [2.45, 2.75) is 26.2 Å². The molecule has 0 heterocycles. The molecule has 19 heavy (non-hydrogen) atoms. The van der Waals surface area contributed by atoms with Crippen molar-refractivity contribution in [3.63, 3.8) is 0 Å². The van der Waals surface area contributed by atoms with Crippen LogP contribution in [-0.2, 0) is 4.74 Å². The fourth-order valence-electron chi connectivity index (χ4n) is 1.49. The van der Waals surface area contributed by atoms with Gasteiger partial charge in [-0.05, 0) is 47.0 Å². The summed E-state index contributed by atoms with van der Waals surface area (Å²) in [6, 6.07) is 5.12. The number of unbranched alkanes of at least 4 members (excludes halogenated alkanes) is 1. The predicted octanol–water partition coefficient (Wildman–Crippen LogP) is 4.04. The quantitative estimate of drug-likeness (QED) is 0.720. The lowest BCUT2D eigenvalue weighted by atomic mass is 10.2. The van der Waals surface area contributed by atoms with Crippen LogP contribution in [0.2, 0.25) is 5.02 Å². The van der Waals surface area contributed by atoms with Crippen LogP contribution >= 0.6 is 27.5 Å². The van der Waals surface area contributed by atoms with Crippen molar-refractivity contribution in [3.8, 4) is 0 Å². The highest BCUT2D eigenvalue weighted by Crippen LogP contribution is 2.21. The topological polar surface area (TPSA) is 38.3 Å². The first-order valence-electron chi connectivity index (χ1n) is 6.46. The van der Waals surface area contributed by atoms with E-state index in [-0.39, 0.29) is 5.91 Å². The summed E-state index contributed by atoms with van der Waals surface area (Å²) < 4.78 is 6.13. The first-order valence-corrected chi connectivity index (χ1v) is 7.63. The molecule has 0 aliphatic heterocycles. The van der Waals surface area contributed by atoms with Gasteiger partial charge in [0.05, 0.1) is 5.56 Å². The lowest BCUT2D eigenvalue weighted by molar-refractivity contribution is 0.0939. The molecule has 0 saturated carbocycles. The molecule has 3 nitrogen and oxygen atoms in total.